The van der Waals surface area contributed by atoms with Crippen LogP contribution >= 0.6 is 0 Å². The van der Waals surface area contributed by atoms with Gasteiger partial charge in [0.1, 0.15) is 23.4 Å². The summed E-state index contributed by atoms with van der Waals surface area (Å²) in [5, 5.41) is 3.99. The van der Waals surface area contributed by atoms with Crippen LogP contribution in [0.1, 0.15) is 38.5 Å². The first-order chi connectivity index (χ1) is 9.73. The molecular formula is C13H17N5O2. The van der Waals surface area contributed by atoms with Gasteiger partial charge in [0.25, 0.3) is 5.89 Å². The van der Waals surface area contributed by atoms with E-state index in [2.05, 4.69) is 20.1 Å². The molecule has 0 aromatic carbocycles. The minimum atomic E-state index is -0.432. The maximum Gasteiger partial charge on any atom is 0.259 e. The normalized spacial score (nSPS) is 17.4. The summed E-state index contributed by atoms with van der Waals surface area (Å²) in [6, 6.07) is 1.62. The lowest BCUT2D eigenvalue weighted by Gasteiger charge is -2.24. The summed E-state index contributed by atoms with van der Waals surface area (Å²) in [5.41, 5.74) is 5.76. The molecule has 106 valence electrons. The minimum absolute atomic E-state index is 0.377. The molecule has 20 heavy (non-hydrogen) atoms. The van der Waals surface area contributed by atoms with Gasteiger partial charge in [-0.05, 0) is 32.6 Å². The highest BCUT2D eigenvalue weighted by Gasteiger charge is 2.41. The summed E-state index contributed by atoms with van der Waals surface area (Å²) in [5.74, 6) is 1.32. The van der Waals surface area contributed by atoms with Crippen molar-refractivity contribution in [2.24, 2.45) is 0 Å². The van der Waals surface area contributed by atoms with Crippen LogP contribution < -0.4 is 5.73 Å². The Kier molecular flexibility index (Phi) is 3.35. The number of anilines is 1. The van der Waals surface area contributed by atoms with Crippen LogP contribution in [0, 0.1) is 0 Å². The minimum Gasteiger partial charge on any atom is -0.384 e. The molecule has 1 aliphatic carbocycles. The van der Waals surface area contributed by atoms with Crippen molar-refractivity contribution in [3.8, 4) is 11.5 Å². The van der Waals surface area contributed by atoms with Crippen LogP contribution in [0.5, 0.6) is 0 Å². The van der Waals surface area contributed by atoms with E-state index >= 15 is 0 Å². The second-order valence-corrected chi connectivity index (χ2v) is 4.89. The van der Waals surface area contributed by atoms with Crippen LogP contribution in [-0.2, 0) is 10.3 Å². The van der Waals surface area contributed by atoms with E-state index in [-0.39, 0.29) is 0 Å². The average Bonchev–Trinajstić information content (AvgIpc) is 3.08. The Balaban J connectivity index is 1.93. The molecule has 0 aliphatic heterocycles. The van der Waals surface area contributed by atoms with Gasteiger partial charge in [0.2, 0.25) is 5.82 Å². The summed E-state index contributed by atoms with van der Waals surface area (Å²) in [6.45, 7) is 2.60. The molecule has 7 nitrogen and oxygen atoms in total. The lowest BCUT2D eigenvalue weighted by Crippen LogP contribution is -2.26. The molecule has 0 bridgehead atoms. The van der Waals surface area contributed by atoms with Crippen molar-refractivity contribution in [2.75, 3.05) is 12.3 Å². The molecule has 2 aromatic rings. The molecule has 0 spiro atoms. The lowest BCUT2D eigenvalue weighted by atomic mass is 10.0. The number of ether oxygens (including phenoxy) is 1. The Labute approximate surface area is 116 Å². The highest BCUT2D eigenvalue weighted by Crippen LogP contribution is 2.41. The topological polar surface area (TPSA) is 100.0 Å². The van der Waals surface area contributed by atoms with Crippen LogP contribution in [-0.4, -0.2) is 26.7 Å². The fraction of sp³-hybridized carbons (Fsp3) is 0.538. The number of aromatic nitrogens is 4. The number of rotatable bonds is 4. The molecule has 0 amide bonds. The zero-order chi connectivity index (χ0) is 14.0. The molecular weight excluding hydrogens is 258 g/mol. The van der Waals surface area contributed by atoms with Gasteiger partial charge in [-0.25, -0.2) is 9.97 Å². The monoisotopic (exact) mass is 275 g/mol. The zero-order valence-corrected chi connectivity index (χ0v) is 11.4. The van der Waals surface area contributed by atoms with Crippen molar-refractivity contribution in [1.82, 2.24) is 20.1 Å². The zero-order valence-electron chi connectivity index (χ0n) is 11.4. The van der Waals surface area contributed by atoms with Gasteiger partial charge >= 0.3 is 0 Å². The summed E-state index contributed by atoms with van der Waals surface area (Å²) in [6.07, 6.45) is 5.42. The van der Waals surface area contributed by atoms with E-state index in [9.17, 15) is 0 Å². The van der Waals surface area contributed by atoms with Crippen LogP contribution in [0.15, 0.2) is 16.9 Å². The molecule has 3 rings (SSSR count). The Morgan fingerprint density at radius 1 is 1.35 bits per heavy atom. The highest BCUT2D eigenvalue weighted by atomic mass is 16.5. The molecule has 2 aromatic heterocycles. The average molecular weight is 275 g/mol. The molecule has 0 unspecified atom stereocenters. The van der Waals surface area contributed by atoms with E-state index in [1.165, 1.54) is 6.33 Å². The number of hydrogen-bond donors (Lipinski definition) is 1. The second kappa shape index (κ2) is 5.16. The number of nitrogen functional groups attached to an aromatic ring is 1. The van der Waals surface area contributed by atoms with E-state index in [1.54, 1.807) is 6.07 Å². The summed E-state index contributed by atoms with van der Waals surface area (Å²) in [7, 11) is 0. The van der Waals surface area contributed by atoms with Crippen molar-refractivity contribution in [3.05, 3.63) is 18.3 Å². The second-order valence-electron chi connectivity index (χ2n) is 4.89. The lowest BCUT2D eigenvalue weighted by molar-refractivity contribution is -0.0610. The SMILES string of the molecule is CCOC1(c2nc(-c3cc(N)ncn3)no2)CCCC1. The Bertz CT molecular complexity index is 592. The molecule has 1 saturated carbocycles. The predicted octanol–water partition coefficient (Wildman–Crippen LogP) is 1.91. The summed E-state index contributed by atoms with van der Waals surface area (Å²) < 4.78 is 11.3. The highest BCUT2D eigenvalue weighted by molar-refractivity contribution is 5.52. The van der Waals surface area contributed by atoms with Gasteiger partial charge in [0, 0.05) is 12.7 Å². The Hall–Kier alpha value is -2.02. The molecule has 0 saturated heterocycles. The standard InChI is InChI=1S/C13H17N5O2/c1-2-19-13(5-3-4-6-13)12-17-11(18-20-12)9-7-10(14)16-8-15-9/h7-8H,2-6H2,1H3,(H2,14,15,16). The largest absolute Gasteiger partial charge is 0.384 e. The van der Waals surface area contributed by atoms with Crippen LogP contribution in [0.4, 0.5) is 5.82 Å². The first-order valence-electron chi connectivity index (χ1n) is 6.79. The van der Waals surface area contributed by atoms with Crippen molar-refractivity contribution in [1.29, 1.82) is 0 Å². The van der Waals surface area contributed by atoms with Gasteiger partial charge in [0.05, 0.1) is 0 Å². The van der Waals surface area contributed by atoms with E-state index < -0.39 is 5.60 Å². The summed E-state index contributed by atoms with van der Waals surface area (Å²) in [4.78, 5) is 12.4. The van der Waals surface area contributed by atoms with E-state index in [4.69, 9.17) is 15.0 Å². The molecule has 0 atom stereocenters. The van der Waals surface area contributed by atoms with Crippen LogP contribution in [0.2, 0.25) is 0 Å². The third-order valence-electron chi connectivity index (χ3n) is 3.56. The fourth-order valence-corrected chi connectivity index (χ4v) is 2.65. The molecule has 2 heterocycles. The Morgan fingerprint density at radius 3 is 2.85 bits per heavy atom. The quantitative estimate of drug-likeness (QED) is 0.909. The van der Waals surface area contributed by atoms with E-state index in [0.717, 1.165) is 25.7 Å². The fourth-order valence-electron chi connectivity index (χ4n) is 2.65. The summed E-state index contributed by atoms with van der Waals surface area (Å²) >= 11 is 0. The van der Waals surface area contributed by atoms with Gasteiger partial charge in [-0.2, -0.15) is 4.98 Å². The van der Waals surface area contributed by atoms with Crippen LogP contribution in [0.25, 0.3) is 11.5 Å². The maximum atomic E-state index is 5.90. The predicted molar refractivity (Wildman–Crippen MR) is 71.5 cm³/mol. The van der Waals surface area contributed by atoms with Crippen molar-refractivity contribution >= 4 is 5.82 Å². The molecule has 1 fully saturated rings. The molecule has 0 radical (unpaired) electrons. The van der Waals surface area contributed by atoms with Gasteiger partial charge in [-0.3, -0.25) is 0 Å². The van der Waals surface area contributed by atoms with Crippen LogP contribution in [0.3, 0.4) is 0 Å². The van der Waals surface area contributed by atoms with Gasteiger partial charge in [0.15, 0.2) is 0 Å². The van der Waals surface area contributed by atoms with Gasteiger partial charge < -0.3 is 15.0 Å². The van der Waals surface area contributed by atoms with Gasteiger partial charge in [-0.1, -0.05) is 5.16 Å². The number of nitrogens with zero attached hydrogens (tertiary/aromatic N) is 4. The molecule has 1 aliphatic rings. The number of hydrogen-bond acceptors (Lipinski definition) is 7. The van der Waals surface area contributed by atoms with Crippen molar-refractivity contribution < 1.29 is 9.26 Å². The Morgan fingerprint density at radius 2 is 2.15 bits per heavy atom. The molecule has 2 N–H and O–H groups in total. The number of nitrogens with two attached hydrogens (primary N) is 1. The van der Waals surface area contributed by atoms with E-state index in [1.807, 2.05) is 6.92 Å². The molecule has 7 heteroatoms. The first-order valence-corrected chi connectivity index (χ1v) is 6.79. The third-order valence-corrected chi connectivity index (χ3v) is 3.56. The van der Waals surface area contributed by atoms with Crippen molar-refractivity contribution in [3.63, 3.8) is 0 Å². The first kappa shape index (κ1) is 13.0. The van der Waals surface area contributed by atoms with E-state index in [0.29, 0.717) is 29.8 Å². The smallest absolute Gasteiger partial charge is 0.259 e. The maximum absolute atomic E-state index is 5.90. The van der Waals surface area contributed by atoms with Crippen molar-refractivity contribution in [2.45, 2.75) is 38.2 Å². The van der Waals surface area contributed by atoms with Gasteiger partial charge in [-0.15, -0.1) is 0 Å². The third kappa shape index (κ3) is 2.24.